The molecule has 0 bridgehead atoms. The first kappa shape index (κ1) is 24.4. The quantitative estimate of drug-likeness (QED) is 0.399. The molecule has 4 aromatic rings. The van der Waals surface area contributed by atoms with Gasteiger partial charge in [-0.1, -0.05) is 12.1 Å². The number of benzene rings is 2. The minimum atomic E-state index is -3.24. The number of sulfone groups is 1. The number of hydrogen-bond acceptors (Lipinski definition) is 7. The van der Waals surface area contributed by atoms with E-state index in [0.29, 0.717) is 12.4 Å². The van der Waals surface area contributed by atoms with Gasteiger partial charge >= 0.3 is 0 Å². The Hall–Kier alpha value is -3.33. The molecule has 2 aromatic heterocycles. The van der Waals surface area contributed by atoms with Crippen LogP contribution in [-0.4, -0.2) is 53.3 Å². The van der Waals surface area contributed by atoms with E-state index in [9.17, 15) is 13.5 Å². The fourth-order valence-electron chi connectivity index (χ4n) is 4.74. The largest absolute Gasteiger partial charge is 0.389 e. The first-order valence-corrected chi connectivity index (χ1v) is 13.8. The lowest BCUT2D eigenvalue weighted by Gasteiger charge is -2.33. The molecular formula is C28H30N4O3S. The lowest BCUT2D eigenvalue weighted by Crippen LogP contribution is -2.41. The van der Waals surface area contributed by atoms with Crippen molar-refractivity contribution in [2.45, 2.75) is 37.3 Å². The van der Waals surface area contributed by atoms with Crippen LogP contribution in [0.3, 0.4) is 0 Å². The normalized spacial score (nSPS) is 14.6. The second kappa shape index (κ2) is 9.28. The molecule has 5 rings (SSSR count). The van der Waals surface area contributed by atoms with Crippen molar-refractivity contribution in [3.05, 3.63) is 78.1 Å². The van der Waals surface area contributed by atoms with E-state index in [-0.39, 0.29) is 4.90 Å². The van der Waals surface area contributed by atoms with Crippen molar-refractivity contribution in [3.8, 4) is 11.3 Å². The average Bonchev–Trinajstić information content (AvgIpc) is 2.82. The fraction of sp³-hybridized carbons (Fsp3) is 0.286. The van der Waals surface area contributed by atoms with Gasteiger partial charge in [-0.15, -0.1) is 0 Å². The minimum Gasteiger partial charge on any atom is -0.389 e. The third kappa shape index (κ3) is 5.41. The molecule has 1 aliphatic heterocycles. The van der Waals surface area contributed by atoms with Crippen LogP contribution in [0.5, 0.6) is 0 Å². The van der Waals surface area contributed by atoms with Gasteiger partial charge in [-0.05, 0) is 73.9 Å². The first-order chi connectivity index (χ1) is 17.0. The third-order valence-corrected chi connectivity index (χ3v) is 7.51. The van der Waals surface area contributed by atoms with Crippen LogP contribution in [-0.2, 0) is 22.8 Å². The summed E-state index contributed by atoms with van der Waals surface area (Å²) in [5.41, 5.74) is 4.61. The Morgan fingerprint density at radius 3 is 2.53 bits per heavy atom. The van der Waals surface area contributed by atoms with Crippen molar-refractivity contribution in [2.24, 2.45) is 0 Å². The maximum Gasteiger partial charge on any atom is 0.175 e. The molecule has 8 heteroatoms. The van der Waals surface area contributed by atoms with Gasteiger partial charge in [0.1, 0.15) is 5.82 Å². The molecule has 2 aromatic carbocycles. The summed E-state index contributed by atoms with van der Waals surface area (Å²) in [6.45, 7) is 6.10. The average molecular weight is 503 g/mol. The van der Waals surface area contributed by atoms with E-state index in [1.807, 2.05) is 32.2 Å². The predicted molar refractivity (Wildman–Crippen MR) is 143 cm³/mol. The van der Waals surface area contributed by atoms with E-state index < -0.39 is 15.4 Å². The van der Waals surface area contributed by atoms with Gasteiger partial charge in [0.15, 0.2) is 9.84 Å². The number of rotatable bonds is 6. The van der Waals surface area contributed by atoms with Gasteiger partial charge in [-0.2, -0.15) is 0 Å². The standard InChI is InChI=1S/C28H30N4O3S/c1-28(2,33)18-32-13-11-19-14-20(4-5-22(19)17-32)27-25-15-26(30-16-21(25)10-12-29-27)31-23-6-8-24(9-7-23)36(3,34)35/h4-10,12,14-16,33H,11,13,17-18H2,1-3H3,(H,30,31). The molecule has 0 saturated heterocycles. The van der Waals surface area contributed by atoms with Gasteiger partial charge in [0.05, 0.1) is 16.2 Å². The minimum absolute atomic E-state index is 0.279. The molecule has 186 valence electrons. The maximum absolute atomic E-state index is 11.7. The number of nitrogens with one attached hydrogen (secondary N) is 1. The number of pyridine rings is 2. The fourth-order valence-corrected chi connectivity index (χ4v) is 5.37. The number of anilines is 2. The summed E-state index contributed by atoms with van der Waals surface area (Å²) in [6.07, 6.45) is 5.75. The van der Waals surface area contributed by atoms with Crippen molar-refractivity contribution < 1.29 is 13.5 Å². The van der Waals surface area contributed by atoms with Crippen LogP contribution in [0.1, 0.15) is 25.0 Å². The third-order valence-electron chi connectivity index (χ3n) is 6.38. The first-order valence-electron chi connectivity index (χ1n) is 11.9. The zero-order valence-electron chi connectivity index (χ0n) is 20.7. The van der Waals surface area contributed by atoms with Crippen LogP contribution in [0.15, 0.2) is 71.9 Å². The molecule has 0 aliphatic carbocycles. The van der Waals surface area contributed by atoms with E-state index in [4.69, 9.17) is 4.98 Å². The molecule has 0 spiro atoms. The molecule has 0 fully saturated rings. The van der Waals surface area contributed by atoms with E-state index in [1.54, 1.807) is 30.5 Å². The van der Waals surface area contributed by atoms with Gasteiger partial charge in [-0.25, -0.2) is 13.4 Å². The highest BCUT2D eigenvalue weighted by molar-refractivity contribution is 7.90. The van der Waals surface area contributed by atoms with Crippen molar-refractivity contribution in [1.29, 1.82) is 0 Å². The molecule has 0 unspecified atom stereocenters. The van der Waals surface area contributed by atoms with Crippen molar-refractivity contribution in [1.82, 2.24) is 14.9 Å². The number of aliphatic hydroxyl groups is 1. The highest BCUT2D eigenvalue weighted by Crippen LogP contribution is 2.31. The summed E-state index contributed by atoms with van der Waals surface area (Å²) in [5.74, 6) is 0.657. The monoisotopic (exact) mass is 502 g/mol. The van der Waals surface area contributed by atoms with E-state index in [1.165, 1.54) is 17.4 Å². The molecule has 2 N–H and O–H groups in total. The molecule has 0 saturated carbocycles. The van der Waals surface area contributed by atoms with Crippen molar-refractivity contribution >= 4 is 32.1 Å². The Kier molecular flexibility index (Phi) is 6.28. The van der Waals surface area contributed by atoms with Gasteiger partial charge in [0, 0.05) is 60.3 Å². The number of hydrogen-bond donors (Lipinski definition) is 2. The van der Waals surface area contributed by atoms with E-state index in [0.717, 1.165) is 47.2 Å². The Labute approximate surface area is 211 Å². The Bertz CT molecular complexity index is 1530. The molecule has 7 nitrogen and oxygen atoms in total. The Morgan fingerprint density at radius 1 is 1.03 bits per heavy atom. The zero-order valence-corrected chi connectivity index (χ0v) is 21.5. The summed E-state index contributed by atoms with van der Waals surface area (Å²) in [4.78, 5) is 11.8. The number of fused-ring (bicyclic) bond motifs is 2. The summed E-state index contributed by atoms with van der Waals surface area (Å²) >= 11 is 0. The second-order valence-corrected chi connectivity index (χ2v) is 12.1. The molecule has 0 atom stereocenters. The van der Waals surface area contributed by atoms with Gasteiger partial charge < -0.3 is 10.4 Å². The summed E-state index contributed by atoms with van der Waals surface area (Å²) < 4.78 is 23.5. The van der Waals surface area contributed by atoms with Crippen LogP contribution in [0.25, 0.3) is 22.0 Å². The van der Waals surface area contributed by atoms with Crippen molar-refractivity contribution in [2.75, 3.05) is 24.7 Å². The van der Waals surface area contributed by atoms with E-state index >= 15 is 0 Å². The van der Waals surface area contributed by atoms with Crippen LogP contribution >= 0.6 is 0 Å². The van der Waals surface area contributed by atoms with Crippen LogP contribution < -0.4 is 5.32 Å². The van der Waals surface area contributed by atoms with Crippen molar-refractivity contribution in [3.63, 3.8) is 0 Å². The maximum atomic E-state index is 11.7. The summed E-state index contributed by atoms with van der Waals surface area (Å²) in [6, 6.07) is 17.1. The molecule has 0 radical (unpaired) electrons. The summed E-state index contributed by atoms with van der Waals surface area (Å²) in [5, 5.41) is 15.4. The van der Waals surface area contributed by atoms with Gasteiger partial charge in [0.2, 0.25) is 0 Å². The molecule has 3 heterocycles. The molecule has 0 amide bonds. The number of nitrogens with zero attached hydrogens (tertiary/aromatic N) is 3. The SMILES string of the molecule is CC(C)(O)CN1CCc2cc(-c3nccc4cnc(Nc5ccc(S(C)(=O)=O)cc5)cc34)ccc2C1. The molecule has 1 aliphatic rings. The predicted octanol–water partition coefficient (Wildman–Crippen LogP) is 4.57. The summed E-state index contributed by atoms with van der Waals surface area (Å²) in [7, 11) is -3.24. The lowest BCUT2D eigenvalue weighted by molar-refractivity contribution is 0.0318. The van der Waals surface area contributed by atoms with Gasteiger partial charge in [-0.3, -0.25) is 9.88 Å². The van der Waals surface area contributed by atoms with Crippen LogP contribution in [0.4, 0.5) is 11.5 Å². The highest BCUT2D eigenvalue weighted by Gasteiger charge is 2.23. The van der Waals surface area contributed by atoms with E-state index in [2.05, 4.69) is 33.4 Å². The zero-order chi connectivity index (χ0) is 25.5. The lowest BCUT2D eigenvalue weighted by atomic mass is 9.94. The smallest absolute Gasteiger partial charge is 0.175 e. The Balaban J connectivity index is 1.43. The second-order valence-electron chi connectivity index (χ2n) is 10.1. The van der Waals surface area contributed by atoms with Crippen LogP contribution in [0.2, 0.25) is 0 Å². The molecule has 36 heavy (non-hydrogen) atoms. The number of aromatic nitrogens is 2. The molecular weight excluding hydrogens is 472 g/mol. The number of β-amino-alcohol motifs (C(OH)–C–C–N with tert-alkyl or cyclic N) is 1. The van der Waals surface area contributed by atoms with Gasteiger partial charge in [0.25, 0.3) is 0 Å². The highest BCUT2D eigenvalue weighted by atomic mass is 32.2. The Morgan fingerprint density at radius 2 is 1.81 bits per heavy atom. The van der Waals surface area contributed by atoms with Crippen LogP contribution in [0, 0.1) is 0 Å². The topological polar surface area (TPSA) is 95.4 Å².